The van der Waals surface area contributed by atoms with Gasteiger partial charge in [-0.2, -0.15) is 0 Å². The minimum Gasteiger partial charge on any atom is -0.257 e. The van der Waals surface area contributed by atoms with E-state index in [2.05, 4.69) is 4.58 Å². The van der Waals surface area contributed by atoms with Crippen LogP contribution in [-0.2, 0) is 10.1 Å². The standard InChI is InChI=1S/C8H10ClNO2S/c1-6-3-4-8(7(9)5-6)13(2,12)10-11/h3-5,13H,1-2H3. The van der Waals surface area contributed by atoms with E-state index in [0.717, 1.165) is 5.56 Å². The van der Waals surface area contributed by atoms with E-state index in [1.54, 1.807) is 18.2 Å². The quantitative estimate of drug-likeness (QED) is 0.613. The molecule has 3 nitrogen and oxygen atoms in total. The second-order valence-corrected chi connectivity index (χ2v) is 5.73. The lowest BCUT2D eigenvalue weighted by molar-refractivity contribution is 0.675. The van der Waals surface area contributed by atoms with Crippen LogP contribution in [-0.4, -0.2) is 10.5 Å². The topological polar surface area (TPSA) is 46.5 Å². The molecule has 0 unspecified atom stereocenters. The molecule has 1 aromatic carbocycles. The zero-order chi connectivity index (χ0) is 10.1. The molecule has 0 bridgehead atoms. The minimum absolute atomic E-state index is 0.328. The van der Waals surface area contributed by atoms with Crippen molar-refractivity contribution < 1.29 is 4.21 Å². The van der Waals surface area contributed by atoms with Crippen LogP contribution in [0.5, 0.6) is 0 Å². The molecular weight excluding hydrogens is 210 g/mol. The minimum atomic E-state index is -3.15. The van der Waals surface area contributed by atoms with E-state index in [9.17, 15) is 9.12 Å². The lowest BCUT2D eigenvalue weighted by atomic mass is 10.2. The van der Waals surface area contributed by atoms with E-state index in [-0.39, 0.29) is 0 Å². The van der Waals surface area contributed by atoms with Gasteiger partial charge >= 0.3 is 0 Å². The fourth-order valence-corrected chi connectivity index (χ4v) is 2.60. The van der Waals surface area contributed by atoms with Gasteiger partial charge in [0.05, 0.1) is 9.92 Å². The number of benzene rings is 1. The third-order valence-corrected chi connectivity index (χ3v) is 3.75. The first kappa shape index (κ1) is 10.3. The van der Waals surface area contributed by atoms with Gasteiger partial charge < -0.3 is 0 Å². The largest absolute Gasteiger partial charge is 0.257 e. The Hall–Kier alpha value is -0.740. The summed E-state index contributed by atoms with van der Waals surface area (Å²) in [5.41, 5.74) is 0.958. The SMILES string of the molecule is Cc1ccc([SH](C)(=O)N=O)c(Cl)c1. The molecule has 0 heterocycles. The molecule has 5 heteroatoms. The summed E-state index contributed by atoms with van der Waals surface area (Å²) in [6.07, 6.45) is 1.30. The third-order valence-electron chi connectivity index (χ3n) is 1.71. The highest BCUT2D eigenvalue weighted by Gasteiger charge is 2.14. The van der Waals surface area contributed by atoms with Crippen LogP contribution >= 0.6 is 11.6 Å². The van der Waals surface area contributed by atoms with Gasteiger partial charge in [-0.15, -0.1) is 4.91 Å². The molecule has 0 atom stereocenters. The van der Waals surface area contributed by atoms with Crippen molar-refractivity contribution >= 4 is 21.7 Å². The van der Waals surface area contributed by atoms with Gasteiger partial charge in [0.15, 0.2) is 0 Å². The lowest BCUT2D eigenvalue weighted by Crippen LogP contribution is -2.05. The van der Waals surface area contributed by atoms with Gasteiger partial charge in [0, 0.05) is 21.0 Å². The van der Waals surface area contributed by atoms with Crippen LogP contribution in [0.2, 0.25) is 5.02 Å². The van der Waals surface area contributed by atoms with Crippen LogP contribution in [0.4, 0.5) is 0 Å². The fourth-order valence-electron chi connectivity index (χ4n) is 0.992. The van der Waals surface area contributed by atoms with Gasteiger partial charge in [0.1, 0.15) is 0 Å². The van der Waals surface area contributed by atoms with Crippen molar-refractivity contribution in [3.05, 3.63) is 33.7 Å². The summed E-state index contributed by atoms with van der Waals surface area (Å²) in [6, 6.07) is 5.00. The molecule has 0 aliphatic rings. The Bertz CT molecular complexity index is 392. The van der Waals surface area contributed by atoms with Crippen molar-refractivity contribution in [1.82, 2.24) is 0 Å². The summed E-state index contributed by atoms with van der Waals surface area (Å²) < 4.78 is 14.2. The van der Waals surface area contributed by atoms with Gasteiger partial charge in [0.25, 0.3) is 0 Å². The number of nitrogens with zero attached hydrogens (tertiary/aromatic N) is 1. The van der Waals surface area contributed by atoms with Gasteiger partial charge in [-0.25, -0.2) is 0 Å². The Labute approximate surface area is 82.6 Å². The molecule has 0 saturated carbocycles. The van der Waals surface area contributed by atoms with E-state index in [1.165, 1.54) is 6.26 Å². The van der Waals surface area contributed by atoms with Crippen LogP contribution in [0.1, 0.15) is 5.56 Å². The predicted molar refractivity (Wildman–Crippen MR) is 55.7 cm³/mol. The number of aryl methyl sites for hydroxylation is 1. The Kier molecular flexibility index (Phi) is 2.83. The first-order chi connectivity index (χ1) is 5.97. The van der Waals surface area contributed by atoms with E-state index in [1.807, 2.05) is 6.92 Å². The van der Waals surface area contributed by atoms with E-state index in [4.69, 9.17) is 11.6 Å². The van der Waals surface area contributed by atoms with Gasteiger partial charge in [0.2, 0.25) is 0 Å². The molecular formula is C8H10ClNO2S. The van der Waals surface area contributed by atoms with Crippen molar-refractivity contribution in [2.45, 2.75) is 11.8 Å². The average molecular weight is 220 g/mol. The number of halogens is 1. The second-order valence-electron chi connectivity index (χ2n) is 2.92. The van der Waals surface area contributed by atoms with Crippen molar-refractivity contribution in [3.63, 3.8) is 0 Å². The number of hydrogen-bond donors (Lipinski definition) is 1. The highest BCUT2D eigenvalue weighted by molar-refractivity contribution is 8.01. The van der Waals surface area contributed by atoms with Crippen molar-refractivity contribution in [3.8, 4) is 0 Å². The fraction of sp³-hybridized carbons (Fsp3) is 0.250. The first-order valence-electron chi connectivity index (χ1n) is 3.66. The first-order valence-corrected chi connectivity index (χ1v) is 6.15. The number of hydrogen-bond acceptors (Lipinski definition) is 2. The highest BCUT2D eigenvalue weighted by Crippen LogP contribution is 2.27. The predicted octanol–water partition coefficient (Wildman–Crippen LogP) is 2.34. The second kappa shape index (κ2) is 3.55. The molecule has 0 aliphatic heterocycles. The Morgan fingerprint density at radius 3 is 2.54 bits per heavy atom. The summed E-state index contributed by atoms with van der Waals surface area (Å²) in [5, 5.41) is 0.338. The van der Waals surface area contributed by atoms with Crippen LogP contribution in [0.25, 0.3) is 0 Å². The van der Waals surface area contributed by atoms with Crippen LogP contribution < -0.4 is 0 Å². The average Bonchev–Trinajstić information content (AvgIpc) is 2.03. The third kappa shape index (κ3) is 2.14. The summed E-state index contributed by atoms with van der Waals surface area (Å²) in [7, 11) is -3.15. The normalized spacial score (nSPS) is 12.5. The number of rotatable bonds is 2. The van der Waals surface area contributed by atoms with Crippen LogP contribution in [0.15, 0.2) is 27.7 Å². The molecule has 0 aromatic heterocycles. The summed E-state index contributed by atoms with van der Waals surface area (Å²) in [5.74, 6) is 0. The maximum atomic E-state index is 11.6. The van der Waals surface area contributed by atoms with Crippen molar-refractivity contribution in [2.75, 3.05) is 6.26 Å². The maximum absolute atomic E-state index is 11.6. The summed E-state index contributed by atoms with van der Waals surface area (Å²) in [4.78, 5) is 10.6. The molecule has 13 heavy (non-hydrogen) atoms. The van der Waals surface area contributed by atoms with E-state index in [0.29, 0.717) is 9.92 Å². The number of thiol groups is 1. The van der Waals surface area contributed by atoms with Gasteiger partial charge in [-0.05, 0) is 24.6 Å². The Morgan fingerprint density at radius 1 is 1.46 bits per heavy atom. The van der Waals surface area contributed by atoms with Crippen molar-refractivity contribution in [2.24, 2.45) is 4.58 Å². The molecule has 0 aliphatic carbocycles. The molecule has 72 valence electrons. The van der Waals surface area contributed by atoms with Crippen molar-refractivity contribution in [1.29, 1.82) is 0 Å². The summed E-state index contributed by atoms with van der Waals surface area (Å²) in [6.45, 7) is 1.87. The summed E-state index contributed by atoms with van der Waals surface area (Å²) >= 11 is 5.82. The zero-order valence-corrected chi connectivity index (χ0v) is 8.97. The Morgan fingerprint density at radius 2 is 2.08 bits per heavy atom. The van der Waals surface area contributed by atoms with Gasteiger partial charge in [-0.3, -0.25) is 4.21 Å². The molecule has 1 aromatic rings. The van der Waals surface area contributed by atoms with Crippen LogP contribution in [0, 0.1) is 11.8 Å². The molecule has 0 spiro atoms. The Balaban J connectivity index is 3.32. The molecule has 0 fully saturated rings. The van der Waals surface area contributed by atoms with Gasteiger partial charge in [-0.1, -0.05) is 17.7 Å². The molecule has 0 saturated heterocycles. The molecule has 1 rings (SSSR count). The molecule has 0 N–H and O–H groups in total. The molecule has 0 amide bonds. The maximum Gasteiger partial charge on any atom is 0.0568 e. The lowest BCUT2D eigenvalue weighted by Gasteiger charge is -2.11. The molecule has 0 radical (unpaired) electrons. The van der Waals surface area contributed by atoms with E-state index >= 15 is 0 Å². The zero-order valence-electron chi connectivity index (χ0n) is 7.32. The van der Waals surface area contributed by atoms with E-state index < -0.39 is 10.1 Å². The number of nitroso groups, excluding NO2 is 1. The highest BCUT2D eigenvalue weighted by atomic mass is 35.5. The van der Waals surface area contributed by atoms with Crippen LogP contribution in [0.3, 0.4) is 0 Å². The smallest absolute Gasteiger partial charge is 0.0568 e. The monoisotopic (exact) mass is 219 g/mol.